The van der Waals surface area contributed by atoms with Crippen molar-refractivity contribution in [1.82, 2.24) is 15.1 Å². The van der Waals surface area contributed by atoms with Gasteiger partial charge in [0.15, 0.2) is 0 Å². The van der Waals surface area contributed by atoms with Crippen LogP contribution in [0.3, 0.4) is 0 Å². The molecule has 5 heteroatoms. The summed E-state index contributed by atoms with van der Waals surface area (Å²) in [5, 5.41) is 7.57. The number of para-hydroxylation sites is 1. The Kier molecular flexibility index (Phi) is 4.24. The van der Waals surface area contributed by atoms with Crippen LogP contribution in [0.1, 0.15) is 41.9 Å². The van der Waals surface area contributed by atoms with Gasteiger partial charge in [-0.3, -0.25) is 4.79 Å². The summed E-state index contributed by atoms with van der Waals surface area (Å²) in [5.41, 5.74) is 8.23. The van der Waals surface area contributed by atoms with Gasteiger partial charge in [0, 0.05) is 12.1 Å². The van der Waals surface area contributed by atoms with Crippen molar-refractivity contribution in [2.45, 2.75) is 44.7 Å². The molecule has 0 aliphatic heterocycles. The Bertz CT molecular complexity index is 642. The summed E-state index contributed by atoms with van der Waals surface area (Å²) in [5.74, 6) is -0.0649. The summed E-state index contributed by atoms with van der Waals surface area (Å²) in [6.45, 7) is 1.90. The van der Waals surface area contributed by atoms with Crippen molar-refractivity contribution >= 4 is 5.91 Å². The van der Waals surface area contributed by atoms with Crippen LogP contribution in [-0.4, -0.2) is 27.8 Å². The Hall–Kier alpha value is -2.14. The summed E-state index contributed by atoms with van der Waals surface area (Å²) >= 11 is 0. The second-order valence-corrected chi connectivity index (χ2v) is 6.00. The second-order valence-electron chi connectivity index (χ2n) is 6.00. The number of hydrogen-bond donors (Lipinski definition) is 2. The van der Waals surface area contributed by atoms with Crippen LogP contribution in [0.25, 0.3) is 5.69 Å². The van der Waals surface area contributed by atoms with Crippen LogP contribution < -0.4 is 11.1 Å². The maximum Gasteiger partial charge on any atom is 0.270 e. The van der Waals surface area contributed by atoms with E-state index < -0.39 is 0 Å². The van der Waals surface area contributed by atoms with Gasteiger partial charge < -0.3 is 11.1 Å². The minimum absolute atomic E-state index is 0.0649. The molecule has 1 heterocycles. The van der Waals surface area contributed by atoms with E-state index in [4.69, 9.17) is 5.73 Å². The third-order valence-electron chi connectivity index (χ3n) is 4.17. The number of amides is 1. The minimum Gasteiger partial charge on any atom is -0.348 e. The Morgan fingerprint density at radius 2 is 1.91 bits per heavy atom. The van der Waals surface area contributed by atoms with Crippen molar-refractivity contribution in [1.29, 1.82) is 0 Å². The summed E-state index contributed by atoms with van der Waals surface area (Å²) in [4.78, 5) is 12.6. The molecule has 1 aliphatic rings. The third-order valence-corrected chi connectivity index (χ3v) is 4.17. The zero-order valence-corrected chi connectivity index (χ0v) is 12.8. The van der Waals surface area contributed by atoms with E-state index in [1.165, 1.54) is 0 Å². The normalized spacial score (nSPS) is 21.5. The quantitative estimate of drug-likeness (QED) is 0.912. The van der Waals surface area contributed by atoms with E-state index in [0.717, 1.165) is 37.1 Å². The Labute approximate surface area is 130 Å². The van der Waals surface area contributed by atoms with Crippen molar-refractivity contribution in [2.24, 2.45) is 5.73 Å². The molecule has 3 N–H and O–H groups in total. The van der Waals surface area contributed by atoms with E-state index in [1.54, 1.807) is 4.68 Å². The minimum atomic E-state index is -0.0649. The Morgan fingerprint density at radius 3 is 2.59 bits per heavy atom. The smallest absolute Gasteiger partial charge is 0.270 e. The van der Waals surface area contributed by atoms with Crippen molar-refractivity contribution < 1.29 is 4.79 Å². The van der Waals surface area contributed by atoms with Crippen molar-refractivity contribution in [3.63, 3.8) is 0 Å². The second kappa shape index (κ2) is 6.32. The van der Waals surface area contributed by atoms with Crippen LogP contribution in [-0.2, 0) is 0 Å². The molecule has 1 aromatic heterocycles. The molecule has 0 atom stereocenters. The van der Waals surface area contributed by atoms with Gasteiger partial charge >= 0.3 is 0 Å². The highest BCUT2D eigenvalue weighted by Gasteiger charge is 2.22. The van der Waals surface area contributed by atoms with Crippen LogP contribution >= 0.6 is 0 Å². The molecule has 3 rings (SSSR count). The molecule has 1 aliphatic carbocycles. The molecule has 0 radical (unpaired) electrons. The summed E-state index contributed by atoms with van der Waals surface area (Å²) < 4.78 is 1.71. The summed E-state index contributed by atoms with van der Waals surface area (Å²) in [6, 6.07) is 12.1. The van der Waals surface area contributed by atoms with Crippen LogP contribution in [0.5, 0.6) is 0 Å². The number of nitrogens with zero attached hydrogens (tertiary/aromatic N) is 2. The van der Waals surface area contributed by atoms with E-state index in [9.17, 15) is 4.79 Å². The first-order valence-corrected chi connectivity index (χ1v) is 7.82. The lowest BCUT2D eigenvalue weighted by molar-refractivity contribution is 0.0918. The number of nitrogens with one attached hydrogen (secondary N) is 1. The molecule has 1 aromatic carbocycles. The maximum atomic E-state index is 12.6. The molecule has 0 bridgehead atoms. The standard InChI is InChI=1S/C17H22N4O/c1-12-11-16(21(20-12)15-5-3-2-4-6-15)17(22)19-14-9-7-13(18)8-10-14/h2-6,11,13-14H,7-10,18H2,1H3,(H,19,22). The number of nitrogens with two attached hydrogens (primary N) is 1. The Morgan fingerprint density at radius 1 is 1.23 bits per heavy atom. The molecule has 1 fully saturated rings. The molecule has 2 aromatic rings. The first-order valence-electron chi connectivity index (χ1n) is 7.82. The molecule has 0 spiro atoms. The molecular formula is C17H22N4O. The van der Waals surface area contributed by atoms with Gasteiger partial charge in [0.1, 0.15) is 5.69 Å². The number of hydrogen-bond acceptors (Lipinski definition) is 3. The highest BCUT2D eigenvalue weighted by atomic mass is 16.2. The lowest BCUT2D eigenvalue weighted by atomic mass is 9.92. The Balaban J connectivity index is 1.78. The molecule has 22 heavy (non-hydrogen) atoms. The number of aryl methyl sites for hydroxylation is 1. The number of aromatic nitrogens is 2. The predicted octanol–water partition coefficient (Wildman–Crippen LogP) is 2.18. The van der Waals surface area contributed by atoms with E-state index in [2.05, 4.69) is 10.4 Å². The summed E-state index contributed by atoms with van der Waals surface area (Å²) in [6.07, 6.45) is 3.85. The highest BCUT2D eigenvalue weighted by Crippen LogP contribution is 2.18. The monoisotopic (exact) mass is 298 g/mol. The van der Waals surface area contributed by atoms with Gasteiger partial charge in [-0.1, -0.05) is 18.2 Å². The van der Waals surface area contributed by atoms with Gasteiger partial charge in [0.25, 0.3) is 5.91 Å². The molecule has 0 unspecified atom stereocenters. The van der Waals surface area contributed by atoms with Gasteiger partial charge in [0.2, 0.25) is 0 Å². The summed E-state index contributed by atoms with van der Waals surface area (Å²) in [7, 11) is 0. The van der Waals surface area contributed by atoms with Crippen molar-refractivity contribution in [3.05, 3.63) is 47.8 Å². The topological polar surface area (TPSA) is 72.9 Å². The van der Waals surface area contributed by atoms with Gasteiger partial charge in [-0.2, -0.15) is 5.10 Å². The zero-order valence-electron chi connectivity index (χ0n) is 12.8. The van der Waals surface area contributed by atoms with E-state index in [1.807, 2.05) is 43.3 Å². The van der Waals surface area contributed by atoms with E-state index >= 15 is 0 Å². The maximum absolute atomic E-state index is 12.6. The molecular weight excluding hydrogens is 276 g/mol. The molecule has 1 saturated carbocycles. The van der Waals surface area contributed by atoms with Crippen molar-refractivity contribution in [3.8, 4) is 5.69 Å². The number of carbonyl (C=O) groups excluding carboxylic acids is 1. The molecule has 0 saturated heterocycles. The molecule has 116 valence electrons. The van der Waals surface area contributed by atoms with Crippen molar-refractivity contribution in [2.75, 3.05) is 0 Å². The first-order chi connectivity index (χ1) is 10.6. The average molecular weight is 298 g/mol. The van der Waals surface area contributed by atoms with Gasteiger partial charge in [-0.05, 0) is 50.8 Å². The fraction of sp³-hybridized carbons (Fsp3) is 0.412. The largest absolute Gasteiger partial charge is 0.348 e. The van der Waals surface area contributed by atoms with Crippen LogP contribution in [0.2, 0.25) is 0 Å². The number of benzene rings is 1. The lowest BCUT2D eigenvalue weighted by Gasteiger charge is -2.26. The lowest BCUT2D eigenvalue weighted by Crippen LogP contribution is -2.41. The van der Waals surface area contributed by atoms with Gasteiger partial charge in [0.05, 0.1) is 11.4 Å². The van der Waals surface area contributed by atoms with Crippen LogP contribution in [0.4, 0.5) is 0 Å². The van der Waals surface area contributed by atoms with E-state index in [0.29, 0.717) is 5.69 Å². The predicted molar refractivity (Wildman–Crippen MR) is 86.0 cm³/mol. The highest BCUT2D eigenvalue weighted by molar-refractivity contribution is 5.93. The van der Waals surface area contributed by atoms with Crippen LogP contribution in [0.15, 0.2) is 36.4 Å². The van der Waals surface area contributed by atoms with Gasteiger partial charge in [-0.15, -0.1) is 0 Å². The molecule has 5 nitrogen and oxygen atoms in total. The zero-order chi connectivity index (χ0) is 15.5. The third kappa shape index (κ3) is 3.20. The number of carbonyl (C=O) groups is 1. The van der Waals surface area contributed by atoms with Crippen LogP contribution in [0, 0.1) is 6.92 Å². The van der Waals surface area contributed by atoms with Gasteiger partial charge in [-0.25, -0.2) is 4.68 Å². The van der Waals surface area contributed by atoms with E-state index in [-0.39, 0.29) is 18.0 Å². The average Bonchev–Trinajstić information content (AvgIpc) is 2.92. The number of rotatable bonds is 3. The SMILES string of the molecule is Cc1cc(C(=O)NC2CCC(N)CC2)n(-c2ccccc2)n1. The molecule has 1 amide bonds. The fourth-order valence-corrected chi connectivity index (χ4v) is 2.95. The fourth-order valence-electron chi connectivity index (χ4n) is 2.95. The first kappa shape index (κ1) is 14.8.